The maximum Gasteiger partial charge on any atom is 0.315 e. The Kier molecular flexibility index (Phi) is 6.39. The fourth-order valence-electron chi connectivity index (χ4n) is 1.36. The Hall–Kier alpha value is -0.720. The predicted octanol–water partition coefficient (Wildman–Crippen LogP) is 1.66. The molecule has 2 amide bonds. The lowest BCUT2D eigenvalue weighted by Crippen LogP contribution is -2.45. The van der Waals surface area contributed by atoms with Crippen molar-refractivity contribution in [3.8, 4) is 0 Å². The fourth-order valence-corrected chi connectivity index (χ4v) is 2.66. The molecule has 0 bridgehead atoms. The molecular weight excluding hydrogens is 256 g/mol. The smallest absolute Gasteiger partial charge is 0.315 e. The molecule has 1 aromatic heterocycles. The second-order valence-corrected chi connectivity index (χ2v) is 5.56. The minimum Gasteiger partial charge on any atom is -0.395 e. The molecule has 6 heteroatoms. The number of urea groups is 1. The van der Waals surface area contributed by atoms with E-state index in [1.165, 1.54) is 0 Å². The Balaban J connectivity index is 2.29. The van der Waals surface area contributed by atoms with Gasteiger partial charge in [0.1, 0.15) is 0 Å². The van der Waals surface area contributed by atoms with E-state index in [0.29, 0.717) is 6.54 Å². The zero-order valence-electron chi connectivity index (χ0n) is 9.97. The number of hydrogen-bond donors (Lipinski definition) is 3. The third-order valence-electron chi connectivity index (χ3n) is 2.43. The van der Waals surface area contributed by atoms with Crippen LogP contribution in [0.4, 0.5) is 4.79 Å². The third-order valence-corrected chi connectivity index (χ3v) is 4.33. The van der Waals surface area contributed by atoms with Gasteiger partial charge in [-0.25, -0.2) is 4.79 Å². The summed E-state index contributed by atoms with van der Waals surface area (Å²) >= 11 is 3.15. The molecule has 96 valence electrons. The largest absolute Gasteiger partial charge is 0.395 e. The van der Waals surface area contributed by atoms with Crippen LogP contribution in [0.25, 0.3) is 0 Å². The second kappa shape index (κ2) is 7.58. The van der Waals surface area contributed by atoms with Crippen LogP contribution in [0, 0.1) is 0 Å². The molecule has 3 N–H and O–H groups in total. The monoisotopic (exact) mass is 274 g/mol. The number of thioether (sulfide) groups is 1. The summed E-state index contributed by atoms with van der Waals surface area (Å²) in [5, 5.41) is 18.7. The molecule has 0 fully saturated rings. The van der Waals surface area contributed by atoms with Crippen LogP contribution >= 0.6 is 23.1 Å². The Morgan fingerprint density at radius 2 is 2.41 bits per heavy atom. The van der Waals surface area contributed by atoms with E-state index >= 15 is 0 Å². The summed E-state index contributed by atoms with van der Waals surface area (Å²) in [6, 6.07) is 1.72. The maximum atomic E-state index is 11.6. The number of carbonyl (C=O) groups is 1. The lowest BCUT2D eigenvalue weighted by molar-refractivity contribution is 0.232. The first-order chi connectivity index (χ1) is 8.17. The Bertz CT molecular complexity index is 326. The van der Waals surface area contributed by atoms with Crippen molar-refractivity contribution in [2.45, 2.75) is 24.8 Å². The fraction of sp³-hybridized carbons (Fsp3) is 0.545. The van der Waals surface area contributed by atoms with E-state index < -0.39 is 0 Å². The van der Waals surface area contributed by atoms with Gasteiger partial charge in [-0.2, -0.15) is 23.1 Å². The number of aliphatic hydroxyl groups is 1. The Labute approximate surface area is 110 Å². The number of aliphatic hydroxyl groups excluding tert-OH is 1. The normalized spacial score (nSPS) is 14.1. The van der Waals surface area contributed by atoms with E-state index in [-0.39, 0.29) is 23.9 Å². The minimum absolute atomic E-state index is 0.0295. The van der Waals surface area contributed by atoms with E-state index in [0.717, 1.165) is 5.56 Å². The Morgan fingerprint density at radius 3 is 2.94 bits per heavy atom. The van der Waals surface area contributed by atoms with Gasteiger partial charge in [0, 0.05) is 17.8 Å². The highest BCUT2D eigenvalue weighted by molar-refractivity contribution is 7.99. The zero-order valence-corrected chi connectivity index (χ0v) is 11.6. The number of nitrogens with one attached hydrogen (secondary N) is 2. The van der Waals surface area contributed by atoms with Crippen molar-refractivity contribution >= 4 is 29.1 Å². The van der Waals surface area contributed by atoms with Gasteiger partial charge in [0.15, 0.2) is 0 Å². The summed E-state index contributed by atoms with van der Waals surface area (Å²) < 4.78 is 0. The zero-order chi connectivity index (χ0) is 12.7. The molecule has 1 aromatic rings. The highest BCUT2D eigenvalue weighted by Crippen LogP contribution is 2.10. The van der Waals surface area contributed by atoms with Crippen LogP contribution in [0.2, 0.25) is 0 Å². The molecule has 1 heterocycles. The van der Waals surface area contributed by atoms with Gasteiger partial charge in [-0.05, 0) is 35.6 Å². The van der Waals surface area contributed by atoms with Gasteiger partial charge in [-0.1, -0.05) is 0 Å². The molecule has 0 aliphatic rings. The predicted molar refractivity (Wildman–Crippen MR) is 73.5 cm³/mol. The van der Waals surface area contributed by atoms with Crippen LogP contribution in [0.1, 0.15) is 12.5 Å². The van der Waals surface area contributed by atoms with Gasteiger partial charge in [0.05, 0.1) is 6.61 Å². The molecule has 2 unspecified atom stereocenters. The molecule has 4 nitrogen and oxygen atoms in total. The van der Waals surface area contributed by atoms with Crippen molar-refractivity contribution in [1.29, 1.82) is 0 Å². The van der Waals surface area contributed by atoms with E-state index in [2.05, 4.69) is 10.6 Å². The molecule has 0 saturated heterocycles. The average Bonchev–Trinajstić information content (AvgIpc) is 2.81. The van der Waals surface area contributed by atoms with Gasteiger partial charge in [0.2, 0.25) is 0 Å². The van der Waals surface area contributed by atoms with Gasteiger partial charge in [-0.3, -0.25) is 0 Å². The summed E-state index contributed by atoms with van der Waals surface area (Å²) in [4.78, 5) is 11.6. The van der Waals surface area contributed by atoms with Crippen LogP contribution in [0.15, 0.2) is 16.8 Å². The van der Waals surface area contributed by atoms with Crippen LogP contribution in [0.3, 0.4) is 0 Å². The number of amides is 2. The van der Waals surface area contributed by atoms with Crippen molar-refractivity contribution in [2.75, 3.05) is 12.9 Å². The van der Waals surface area contributed by atoms with Crippen molar-refractivity contribution in [1.82, 2.24) is 10.6 Å². The Morgan fingerprint density at radius 1 is 1.65 bits per heavy atom. The first-order valence-corrected chi connectivity index (χ1v) is 7.59. The average molecular weight is 274 g/mol. The number of carbonyl (C=O) groups excluding carboxylic acids is 1. The summed E-state index contributed by atoms with van der Waals surface area (Å²) in [6.45, 7) is 2.49. The molecule has 0 radical (unpaired) electrons. The summed E-state index contributed by atoms with van der Waals surface area (Å²) in [5.74, 6) is 0. The quantitative estimate of drug-likeness (QED) is 0.739. The first kappa shape index (κ1) is 14.3. The van der Waals surface area contributed by atoms with Crippen LogP contribution in [-0.4, -0.2) is 35.3 Å². The second-order valence-electron chi connectivity index (χ2n) is 3.70. The van der Waals surface area contributed by atoms with Gasteiger partial charge < -0.3 is 15.7 Å². The van der Waals surface area contributed by atoms with Gasteiger partial charge >= 0.3 is 6.03 Å². The number of hydrogen-bond acceptors (Lipinski definition) is 4. The topological polar surface area (TPSA) is 61.4 Å². The molecule has 0 aliphatic carbocycles. The van der Waals surface area contributed by atoms with Crippen molar-refractivity contribution < 1.29 is 9.90 Å². The molecule has 0 aromatic carbocycles. The molecule has 0 saturated carbocycles. The third kappa shape index (κ3) is 4.97. The minimum atomic E-state index is -0.198. The van der Waals surface area contributed by atoms with Gasteiger partial charge in [0.25, 0.3) is 0 Å². The first-order valence-electron chi connectivity index (χ1n) is 5.36. The van der Waals surface area contributed by atoms with E-state index in [1.54, 1.807) is 23.1 Å². The van der Waals surface area contributed by atoms with Crippen LogP contribution in [0.5, 0.6) is 0 Å². The van der Waals surface area contributed by atoms with E-state index in [4.69, 9.17) is 5.11 Å². The number of rotatable bonds is 6. The highest BCUT2D eigenvalue weighted by Gasteiger charge is 2.16. The molecule has 0 aliphatic heterocycles. The van der Waals surface area contributed by atoms with E-state index in [1.807, 2.05) is 30.0 Å². The lowest BCUT2D eigenvalue weighted by Gasteiger charge is -2.21. The number of thiophene rings is 1. The highest BCUT2D eigenvalue weighted by atomic mass is 32.2. The maximum absolute atomic E-state index is 11.6. The molecule has 0 spiro atoms. The molecule has 17 heavy (non-hydrogen) atoms. The molecule has 2 atom stereocenters. The van der Waals surface area contributed by atoms with E-state index in [9.17, 15) is 4.79 Å². The standard InChI is InChI=1S/C11H18N2O2S2/c1-8(10(6-14)16-2)13-11(15)12-5-9-3-4-17-7-9/h3-4,7-8,10,14H,5-6H2,1-2H3,(H2,12,13,15). The summed E-state index contributed by atoms with van der Waals surface area (Å²) in [7, 11) is 0. The molecule has 1 rings (SSSR count). The van der Waals surface area contributed by atoms with Crippen LogP contribution in [-0.2, 0) is 6.54 Å². The lowest BCUT2D eigenvalue weighted by atomic mass is 10.2. The van der Waals surface area contributed by atoms with Crippen molar-refractivity contribution in [3.63, 3.8) is 0 Å². The summed E-state index contributed by atoms with van der Waals surface area (Å²) in [5.41, 5.74) is 1.10. The van der Waals surface area contributed by atoms with Crippen molar-refractivity contribution in [2.24, 2.45) is 0 Å². The van der Waals surface area contributed by atoms with Crippen LogP contribution < -0.4 is 10.6 Å². The summed E-state index contributed by atoms with van der Waals surface area (Å²) in [6.07, 6.45) is 1.92. The molecular formula is C11H18N2O2S2. The van der Waals surface area contributed by atoms with Gasteiger partial charge in [-0.15, -0.1) is 0 Å². The van der Waals surface area contributed by atoms with Crippen molar-refractivity contribution in [3.05, 3.63) is 22.4 Å². The SMILES string of the molecule is CSC(CO)C(C)NC(=O)NCc1ccsc1.